The van der Waals surface area contributed by atoms with E-state index in [0.717, 1.165) is 35.9 Å². The molecule has 2 saturated carbocycles. The van der Waals surface area contributed by atoms with Gasteiger partial charge >= 0.3 is 0 Å². The van der Waals surface area contributed by atoms with Gasteiger partial charge in [0.05, 0.1) is 28.4 Å². The van der Waals surface area contributed by atoms with Crippen molar-refractivity contribution in [2.24, 2.45) is 17.0 Å². The summed E-state index contributed by atoms with van der Waals surface area (Å²) in [5.74, 6) is 0.728. The molecule has 0 aliphatic heterocycles. The lowest BCUT2D eigenvalue weighted by Crippen LogP contribution is -2.26. The summed E-state index contributed by atoms with van der Waals surface area (Å²) >= 11 is 0. The van der Waals surface area contributed by atoms with E-state index < -0.39 is 4.92 Å². The molecular weight excluding hydrogens is 272 g/mol. The number of hydrogen-bond acceptors (Lipinski definition) is 5. The summed E-state index contributed by atoms with van der Waals surface area (Å²) in [6, 6.07) is 4.66. The van der Waals surface area contributed by atoms with Gasteiger partial charge in [-0.15, -0.1) is 0 Å². The van der Waals surface area contributed by atoms with E-state index >= 15 is 0 Å². The van der Waals surface area contributed by atoms with Crippen molar-refractivity contribution in [1.82, 2.24) is 9.78 Å². The lowest BCUT2D eigenvalue weighted by atomic mass is 9.93. The first-order valence-corrected chi connectivity index (χ1v) is 7.02. The number of rotatable bonds is 2. The second-order valence-corrected chi connectivity index (χ2v) is 5.83. The van der Waals surface area contributed by atoms with Crippen molar-refractivity contribution in [1.29, 1.82) is 0 Å². The maximum absolute atomic E-state index is 11.0. The molecule has 1 aromatic heterocycles. The van der Waals surface area contributed by atoms with Crippen molar-refractivity contribution in [3.63, 3.8) is 0 Å². The van der Waals surface area contributed by atoms with Crippen LogP contribution in [0.15, 0.2) is 29.6 Å². The Kier molecular flexibility index (Phi) is 2.51. The molecule has 4 rings (SSSR count). The molecule has 2 aliphatic rings. The molecule has 2 aliphatic carbocycles. The average molecular weight is 286 g/mol. The van der Waals surface area contributed by atoms with Gasteiger partial charge in [0.2, 0.25) is 0 Å². The van der Waals surface area contributed by atoms with Crippen LogP contribution in [0.4, 0.5) is 5.69 Å². The molecule has 0 spiro atoms. The summed E-state index contributed by atoms with van der Waals surface area (Å²) in [6.45, 7) is 0. The molecule has 0 amide bonds. The zero-order chi connectivity index (χ0) is 14.6. The second-order valence-electron chi connectivity index (χ2n) is 5.83. The van der Waals surface area contributed by atoms with Gasteiger partial charge in [0, 0.05) is 23.4 Å². The summed E-state index contributed by atoms with van der Waals surface area (Å²) in [6.07, 6.45) is 4.87. The number of nitrogens with zero attached hydrogens (tertiary/aromatic N) is 4. The third-order valence-electron chi connectivity index (χ3n) is 4.81. The van der Waals surface area contributed by atoms with E-state index in [1.165, 1.54) is 6.07 Å². The number of nitro benzene ring substituents is 1. The van der Waals surface area contributed by atoms with Gasteiger partial charge in [-0.1, -0.05) is 5.16 Å². The zero-order valence-electron chi connectivity index (χ0n) is 11.2. The van der Waals surface area contributed by atoms with Gasteiger partial charge in [0.25, 0.3) is 5.69 Å². The quantitative estimate of drug-likeness (QED) is 0.521. The predicted octanol–water partition coefficient (Wildman–Crippen LogP) is 2.75. The maximum atomic E-state index is 11.0. The molecule has 0 unspecified atom stereocenters. The summed E-state index contributed by atoms with van der Waals surface area (Å²) in [4.78, 5) is 10.6. The highest BCUT2D eigenvalue weighted by Gasteiger charge is 2.47. The van der Waals surface area contributed by atoms with Crippen LogP contribution in [0.1, 0.15) is 25.3 Å². The number of oxime groups is 1. The molecule has 108 valence electrons. The molecule has 1 heterocycles. The molecule has 1 aromatic carbocycles. The van der Waals surface area contributed by atoms with Crippen LogP contribution < -0.4 is 0 Å². The number of non-ortho nitro benzene ring substituents is 1. The van der Waals surface area contributed by atoms with E-state index in [1.807, 2.05) is 0 Å². The van der Waals surface area contributed by atoms with Crippen molar-refractivity contribution in [2.45, 2.75) is 25.3 Å². The van der Waals surface area contributed by atoms with Gasteiger partial charge in [-0.2, -0.15) is 5.10 Å². The topological polar surface area (TPSA) is 93.5 Å². The fraction of sp³-hybridized carbons (Fsp3) is 0.429. The highest BCUT2D eigenvalue weighted by Crippen LogP contribution is 2.49. The van der Waals surface area contributed by atoms with E-state index in [4.69, 9.17) is 0 Å². The minimum atomic E-state index is -0.404. The molecular formula is C14H14N4O3. The second kappa shape index (κ2) is 4.28. The molecule has 7 heteroatoms. The van der Waals surface area contributed by atoms with Crippen LogP contribution in [-0.4, -0.2) is 25.6 Å². The van der Waals surface area contributed by atoms with Gasteiger partial charge in [0.1, 0.15) is 0 Å². The maximum Gasteiger partial charge on any atom is 0.271 e. The Morgan fingerprint density at radius 3 is 3.05 bits per heavy atom. The highest BCUT2D eigenvalue weighted by molar-refractivity contribution is 5.94. The minimum Gasteiger partial charge on any atom is -0.411 e. The van der Waals surface area contributed by atoms with Crippen molar-refractivity contribution >= 4 is 22.3 Å². The predicted molar refractivity (Wildman–Crippen MR) is 75.5 cm³/mol. The fourth-order valence-electron chi connectivity index (χ4n) is 3.88. The number of nitro groups is 1. The number of aromatic nitrogens is 2. The van der Waals surface area contributed by atoms with E-state index in [0.29, 0.717) is 11.8 Å². The Labute approximate surface area is 120 Å². The summed E-state index contributed by atoms with van der Waals surface area (Å²) in [7, 11) is 0. The van der Waals surface area contributed by atoms with Crippen LogP contribution in [0, 0.1) is 22.0 Å². The monoisotopic (exact) mass is 286 g/mol. The minimum absolute atomic E-state index is 0.0508. The lowest BCUT2D eigenvalue weighted by Gasteiger charge is -2.23. The largest absolute Gasteiger partial charge is 0.411 e. The summed E-state index contributed by atoms with van der Waals surface area (Å²) in [5.41, 5.74) is 1.54. The zero-order valence-corrected chi connectivity index (χ0v) is 11.2. The Bertz CT molecular complexity index is 767. The summed E-state index contributed by atoms with van der Waals surface area (Å²) in [5, 5.41) is 29.0. The Hall–Kier alpha value is -2.44. The van der Waals surface area contributed by atoms with Gasteiger partial charge in [-0.25, -0.2) is 0 Å². The van der Waals surface area contributed by atoms with Crippen molar-refractivity contribution < 1.29 is 10.1 Å². The van der Waals surface area contributed by atoms with Crippen LogP contribution in [0.2, 0.25) is 0 Å². The standard InChI is InChI=1S/C14H14N4O3/c19-16-13-8-1-2-9(5-8)14(13)17-12-6-11(18(20)21)4-3-10(12)7-15-17/h3-4,6-9,14,19H,1-2,5H2/b16-13-/t8-,9+,14-/m0/s1. The van der Waals surface area contributed by atoms with E-state index in [9.17, 15) is 15.3 Å². The molecule has 0 radical (unpaired) electrons. The lowest BCUT2D eigenvalue weighted by molar-refractivity contribution is -0.384. The third-order valence-corrected chi connectivity index (χ3v) is 4.81. The number of fused-ring (bicyclic) bond motifs is 3. The first kappa shape index (κ1) is 12.3. The van der Waals surface area contributed by atoms with E-state index in [1.54, 1.807) is 23.0 Å². The van der Waals surface area contributed by atoms with Gasteiger partial charge in [0.15, 0.2) is 0 Å². The van der Waals surface area contributed by atoms with Gasteiger partial charge in [-0.05, 0) is 31.2 Å². The first-order valence-electron chi connectivity index (χ1n) is 7.02. The normalized spacial score (nSPS) is 29.5. The van der Waals surface area contributed by atoms with Crippen LogP contribution in [-0.2, 0) is 0 Å². The van der Waals surface area contributed by atoms with Crippen LogP contribution >= 0.6 is 0 Å². The molecule has 21 heavy (non-hydrogen) atoms. The molecule has 7 nitrogen and oxygen atoms in total. The highest BCUT2D eigenvalue weighted by atomic mass is 16.6. The van der Waals surface area contributed by atoms with Crippen LogP contribution in [0.5, 0.6) is 0 Å². The molecule has 3 atom stereocenters. The first-order chi connectivity index (χ1) is 10.2. The smallest absolute Gasteiger partial charge is 0.271 e. The van der Waals surface area contributed by atoms with Crippen molar-refractivity contribution in [3.05, 3.63) is 34.5 Å². The van der Waals surface area contributed by atoms with Crippen molar-refractivity contribution in [2.75, 3.05) is 0 Å². The molecule has 1 N–H and O–H groups in total. The Balaban J connectivity index is 1.87. The fourth-order valence-corrected chi connectivity index (χ4v) is 3.88. The molecule has 2 bridgehead atoms. The van der Waals surface area contributed by atoms with Crippen LogP contribution in [0.3, 0.4) is 0 Å². The van der Waals surface area contributed by atoms with Crippen molar-refractivity contribution in [3.8, 4) is 0 Å². The molecule has 2 fully saturated rings. The third kappa shape index (κ3) is 1.66. The SMILES string of the molecule is O=[N+]([O-])c1ccc2cnn([C@@H]3/C(=N\O)[C@H]4CC[C@@H]3C4)c2c1. The van der Waals surface area contributed by atoms with E-state index in [2.05, 4.69) is 10.3 Å². The molecule has 2 aromatic rings. The van der Waals surface area contributed by atoms with E-state index in [-0.39, 0.29) is 11.7 Å². The number of hydrogen-bond donors (Lipinski definition) is 1. The Morgan fingerprint density at radius 1 is 1.43 bits per heavy atom. The van der Waals surface area contributed by atoms with Gasteiger partial charge < -0.3 is 5.21 Å². The van der Waals surface area contributed by atoms with Gasteiger partial charge in [-0.3, -0.25) is 14.8 Å². The molecule has 0 saturated heterocycles. The van der Waals surface area contributed by atoms with Crippen LogP contribution in [0.25, 0.3) is 10.9 Å². The Morgan fingerprint density at radius 2 is 2.29 bits per heavy atom. The summed E-state index contributed by atoms with van der Waals surface area (Å²) < 4.78 is 1.79. The average Bonchev–Trinajstić information content (AvgIpc) is 3.19. The number of benzene rings is 1.